The monoisotopic (exact) mass is 346 g/mol. The normalized spacial score (nSPS) is 16.3. The first-order valence-electron chi connectivity index (χ1n) is 8.15. The van der Waals surface area contributed by atoms with Crippen molar-refractivity contribution in [2.24, 2.45) is 0 Å². The zero-order valence-electron chi connectivity index (χ0n) is 14.0. The van der Waals surface area contributed by atoms with Gasteiger partial charge in [0, 0.05) is 37.9 Å². The van der Waals surface area contributed by atoms with E-state index in [1.54, 1.807) is 28.6 Å². The number of anilines is 1. The molecule has 1 aromatic carbocycles. The highest BCUT2D eigenvalue weighted by Crippen LogP contribution is 2.22. The van der Waals surface area contributed by atoms with Crippen molar-refractivity contribution in [3.05, 3.63) is 47.9 Å². The van der Waals surface area contributed by atoms with Crippen LogP contribution < -0.4 is 4.90 Å². The molecule has 0 radical (unpaired) electrons. The summed E-state index contributed by atoms with van der Waals surface area (Å²) in [5.74, 6) is 1.67. The van der Waals surface area contributed by atoms with Gasteiger partial charge in [-0.05, 0) is 25.5 Å². The highest BCUT2D eigenvalue weighted by molar-refractivity contribution is 7.89. The smallest absolute Gasteiger partial charge is 0.243 e. The number of aromatic nitrogens is 2. The summed E-state index contributed by atoms with van der Waals surface area (Å²) in [6, 6.07) is 8.61. The SMILES string of the molecule is CCc1cnc(C)nc1N1CCN(S(=O)(=O)c2ccccc2)CC1. The van der Waals surface area contributed by atoms with Crippen molar-refractivity contribution >= 4 is 15.8 Å². The highest BCUT2D eigenvalue weighted by Gasteiger charge is 2.29. The lowest BCUT2D eigenvalue weighted by molar-refractivity contribution is 0.383. The molecule has 3 rings (SSSR count). The topological polar surface area (TPSA) is 66.4 Å². The predicted molar refractivity (Wildman–Crippen MR) is 93.6 cm³/mol. The number of aryl methyl sites for hydroxylation is 2. The van der Waals surface area contributed by atoms with Crippen LogP contribution in [0.5, 0.6) is 0 Å². The number of benzene rings is 1. The van der Waals surface area contributed by atoms with E-state index in [-0.39, 0.29) is 0 Å². The van der Waals surface area contributed by atoms with Crippen molar-refractivity contribution in [1.82, 2.24) is 14.3 Å². The molecule has 0 N–H and O–H groups in total. The van der Waals surface area contributed by atoms with Gasteiger partial charge in [-0.25, -0.2) is 18.4 Å². The summed E-state index contributed by atoms with van der Waals surface area (Å²) >= 11 is 0. The average Bonchev–Trinajstić information content (AvgIpc) is 2.62. The summed E-state index contributed by atoms with van der Waals surface area (Å²) in [4.78, 5) is 11.3. The second-order valence-corrected chi connectivity index (χ2v) is 7.76. The molecule has 7 heteroatoms. The number of sulfonamides is 1. The first-order valence-corrected chi connectivity index (χ1v) is 9.59. The summed E-state index contributed by atoms with van der Waals surface area (Å²) in [5.41, 5.74) is 1.10. The van der Waals surface area contributed by atoms with Crippen LogP contribution in [0.25, 0.3) is 0 Å². The summed E-state index contributed by atoms with van der Waals surface area (Å²) in [6.07, 6.45) is 2.73. The molecule has 0 spiro atoms. The number of nitrogens with zero attached hydrogens (tertiary/aromatic N) is 4. The average molecular weight is 346 g/mol. The van der Waals surface area contributed by atoms with Crippen LogP contribution in [0, 0.1) is 6.92 Å². The molecule has 0 unspecified atom stereocenters. The van der Waals surface area contributed by atoms with Crippen molar-refractivity contribution in [2.45, 2.75) is 25.2 Å². The fourth-order valence-corrected chi connectivity index (χ4v) is 4.33. The molecular weight excluding hydrogens is 324 g/mol. The molecule has 128 valence electrons. The number of hydrogen-bond acceptors (Lipinski definition) is 5. The second kappa shape index (κ2) is 6.86. The maximum atomic E-state index is 12.7. The van der Waals surface area contributed by atoms with E-state index in [1.165, 1.54) is 0 Å². The fraction of sp³-hybridized carbons (Fsp3) is 0.412. The van der Waals surface area contributed by atoms with Gasteiger partial charge in [-0.2, -0.15) is 4.31 Å². The number of hydrogen-bond donors (Lipinski definition) is 0. The second-order valence-electron chi connectivity index (χ2n) is 5.82. The Balaban J connectivity index is 1.76. The van der Waals surface area contributed by atoms with Gasteiger partial charge in [0.05, 0.1) is 4.90 Å². The summed E-state index contributed by atoms with van der Waals surface area (Å²) in [7, 11) is -3.42. The van der Waals surface area contributed by atoms with Crippen molar-refractivity contribution in [3.8, 4) is 0 Å². The van der Waals surface area contributed by atoms with Crippen molar-refractivity contribution < 1.29 is 8.42 Å². The Morgan fingerprint density at radius 2 is 1.75 bits per heavy atom. The lowest BCUT2D eigenvalue weighted by Crippen LogP contribution is -2.49. The Morgan fingerprint density at radius 3 is 2.38 bits per heavy atom. The number of rotatable bonds is 4. The Labute approximate surface area is 143 Å². The molecule has 24 heavy (non-hydrogen) atoms. The molecule has 2 aromatic rings. The lowest BCUT2D eigenvalue weighted by atomic mass is 10.2. The molecule has 1 aliphatic rings. The molecule has 1 fully saturated rings. The van der Waals surface area contributed by atoms with Crippen molar-refractivity contribution in [3.63, 3.8) is 0 Å². The zero-order chi connectivity index (χ0) is 17.2. The minimum absolute atomic E-state index is 0.352. The molecule has 1 saturated heterocycles. The van der Waals surface area contributed by atoms with Gasteiger partial charge in [-0.1, -0.05) is 25.1 Å². The van der Waals surface area contributed by atoms with E-state index in [2.05, 4.69) is 21.8 Å². The van der Waals surface area contributed by atoms with Crippen LogP contribution in [-0.4, -0.2) is 48.9 Å². The quantitative estimate of drug-likeness (QED) is 0.845. The van der Waals surface area contributed by atoms with Crippen molar-refractivity contribution in [2.75, 3.05) is 31.1 Å². The highest BCUT2D eigenvalue weighted by atomic mass is 32.2. The van der Waals surface area contributed by atoms with E-state index in [9.17, 15) is 8.42 Å². The standard InChI is InChI=1S/C17H22N4O2S/c1-3-15-13-18-14(2)19-17(15)20-9-11-21(12-10-20)24(22,23)16-7-5-4-6-8-16/h4-8,13H,3,9-12H2,1-2H3. The summed E-state index contributed by atoms with van der Waals surface area (Å²) in [5, 5.41) is 0. The number of piperazine rings is 1. The van der Waals surface area contributed by atoms with Crippen LogP contribution in [0.1, 0.15) is 18.3 Å². The summed E-state index contributed by atoms with van der Waals surface area (Å²) < 4.78 is 26.9. The van der Waals surface area contributed by atoms with Gasteiger partial charge in [-0.3, -0.25) is 0 Å². The zero-order valence-corrected chi connectivity index (χ0v) is 14.8. The third-order valence-corrected chi connectivity index (χ3v) is 6.18. The largest absolute Gasteiger partial charge is 0.354 e. The van der Waals surface area contributed by atoms with Crippen LogP contribution in [0.3, 0.4) is 0 Å². The van der Waals surface area contributed by atoms with Gasteiger partial charge in [-0.15, -0.1) is 0 Å². The Bertz CT molecular complexity index is 801. The third kappa shape index (κ3) is 3.27. The molecule has 2 heterocycles. The molecule has 0 saturated carbocycles. The van der Waals surface area contributed by atoms with Crippen LogP contribution >= 0.6 is 0 Å². The van der Waals surface area contributed by atoms with Gasteiger partial charge < -0.3 is 4.90 Å². The Kier molecular flexibility index (Phi) is 4.82. The minimum atomic E-state index is -3.42. The molecular formula is C17H22N4O2S. The van der Waals surface area contributed by atoms with Gasteiger partial charge in [0.15, 0.2) is 0 Å². The van der Waals surface area contributed by atoms with Gasteiger partial charge in [0.1, 0.15) is 11.6 Å². The maximum absolute atomic E-state index is 12.7. The fourth-order valence-electron chi connectivity index (χ4n) is 2.89. The molecule has 0 amide bonds. The van der Waals surface area contributed by atoms with E-state index in [4.69, 9.17) is 0 Å². The van der Waals surface area contributed by atoms with E-state index in [1.807, 2.05) is 19.2 Å². The van der Waals surface area contributed by atoms with E-state index in [0.29, 0.717) is 31.1 Å². The van der Waals surface area contributed by atoms with Crippen LogP contribution in [0.15, 0.2) is 41.4 Å². The van der Waals surface area contributed by atoms with Gasteiger partial charge in [0.2, 0.25) is 10.0 Å². The Morgan fingerprint density at radius 1 is 1.08 bits per heavy atom. The minimum Gasteiger partial charge on any atom is -0.354 e. The first-order chi connectivity index (χ1) is 11.5. The molecule has 6 nitrogen and oxygen atoms in total. The summed E-state index contributed by atoms with van der Waals surface area (Å²) in [6.45, 7) is 6.14. The third-order valence-electron chi connectivity index (χ3n) is 4.26. The molecule has 0 bridgehead atoms. The predicted octanol–water partition coefficient (Wildman–Crippen LogP) is 1.86. The van der Waals surface area contributed by atoms with Crippen LogP contribution in [0.2, 0.25) is 0 Å². The molecule has 0 atom stereocenters. The lowest BCUT2D eigenvalue weighted by Gasteiger charge is -2.35. The van der Waals surface area contributed by atoms with Crippen LogP contribution in [0.4, 0.5) is 5.82 Å². The van der Waals surface area contributed by atoms with Gasteiger partial charge in [0.25, 0.3) is 0 Å². The van der Waals surface area contributed by atoms with Gasteiger partial charge >= 0.3 is 0 Å². The van der Waals surface area contributed by atoms with Crippen LogP contribution in [-0.2, 0) is 16.4 Å². The van der Waals surface area contributed by atoms with E-state index >= 15 is 0 Å². The molecule has 1 aromatic heterocycles. The first kappa shape index (κ1) is 16.9. The van der Waals surface area contributed by atoms with E-state index < -0.39 is 10.0 Å². The Hall–Kier alpha value is -1.99. The van der Waals surface area contributed by atoms with Crippen molar-refractivity contribution in [1.29, 1.82) is 0 Å². The molecule has 1 aliphatic heterocycles. The molecule has 0 aliphatic carbocycles. The maximum Gasteiger partial charge on any atom is 0.243 e. The van der Waals surface area contributed by atoms with E-state index in [0.717, 1.165) is 23.6 Å².